The van der Waals surface area contributed by atoms with Gasteiger partial charge in [-0.1, -0.05) is 152 Å². The quantitative estimate of drug-likeness (QED) is 0.164. The maximum atomic E-state index is 2.39. The van der Waals surface area contributed by atoms with Crippen LogP contribution in [-0.2, 0) is 0 Å². The van der Waals surface area contributed by atoms with Gasteiger partial charge in [-0.05, 0) is 92.7 Å². The van der Waals surface area contributed by atoms with Crippen molar-refractivity contribution in [3.05, 3.63) is 200 Å². The normalized spacial score (nSPS) is 11.6. The van der Waals surface area contributed by atoms with Gasteiger partial charge in [0.15, 0.2) is 0 Å². The highest BCUT2D eigenvalue weighted by Gasteiger charge is 2.17. The van der Waals surface area contributed by atoms with E-state index >= 15 is 0 Å². The molecule has 0 unspecified atom stereocenters. The highest BCUT2D eigenvalue weighted by Crippen LogP contribution is 2.44. The van der Waals surface area contributed by atoms with E-state index in [1.54, 1.807) is 0 Å². The van der Waals surface area contributed by atoms with Crippen LogP contribution in [0.2, 0.25) is 0 Å². The number of anilines is 3. The average molecular weight is 736 g/mol. The second-order valence-electron chi connectivity index (χ2n) is 14.1. The van der Waals surface area contributed by atoms with Crippen molar-refractivity contribution in [3.63, 3.8) is 0 Å². The second kappa shape index (κ2) is 13.1. The number of benzene rings is 9. The molecule has 11 aromatic rings. The van der Waals surface area contributed by atoms with Crippen molar-refractivity contribution < 1.29 is 0 Å². The van der Waals surface area contributed by atoms with Gasteiger partial charge in [0.2, 0.25) is 0 Å². The first-order valence-electron chi connectivity index (χ1n) is 18.7. The molecule has 1 nitrogen and oxygen atoms in total. The zero-order valence-electron chi connectivity index (χ0n) is 29.8. The Morgan fingerprint density at radius 1 is 0.291 bits per heavy atom. The van der Waals surface area contributed by atoms with Crippen LogP contribution in [0.25, 0.3) is 84.5 Å². The number of thiophene rings is 2. The summed E-state index contributed by atoms with van der Waals surface area (Å²) in [5.41, 5.74) is 10.8. The maximum Gasteiger partial charge on any atom is 0.0467 e. The molecule has 3 heteroatoms. The van der Waals surface area contributed by atoms with Crippen LogP contribution in [-0.4, -0.2) is 0 Å². The number of fused-ring (bicyclic) bond motifs is 7. The molecule has 2 heterocycles. The number of nitrogens with zero attached hydrogens (tertiary/aromatic N) is 1. The van der Waals surface area contributed by atoms with Gasteiger partial charge >= 0.3 is 0 Å². The highest BCUT2D eigenvalue weighted by molar-refractivity contribution is 7.26. The van der Waals surface area contributed by atoms with E-state index < -0.39 is 0 Å². The molecule has 55 heavy (non-hydrogen) atoms. The van der Waals surface area contributed by atoms with E-state index in [9.17, 15) is 0 Å². The summed E-state index contributed by atoms with van der Waals surface area (Å²) in [6.07, 6.45) is 0. The van der Waals surface area contributed by atoms with Gasteiger partial charge in [-0.15, -0.1) is 22.7 Å². The van der Waals surface area contributed by atoms with E-state index in [0.717, 1.165) is 17.1 Å². The molecule has 0 aliphatic carbocycles. The van der Waals surface area contributed by atoms with E-state index in [1.165, 1.54) is 84.5 Å². The summed E-state index contributed by atoms with van der Waals surface area (Å²) in [6, 6.07) is 73.3. The molecule has 0 saturated carbocycles. The van der Waals surface area contributed by atoms with Gasteiger partial charge in [0, 0.05) is 57.4 Å². The Hall–Kier alpha value is -6.52. The topological polar surface area (TPSA) is 3.24 Å². The minimum absolute atomic E-state index is 1.11. The molecule has 0 spiro atoms. The third-order valence-corrected chi connectivity index (χ3v) is 13.3. The van der Waals surface area contributed by atoms with Crippen molar-refractivity contribution >= 4 is 90.9 Å². The fraction of sp³-hybridized carbons (Fsp3) is 0. The Morgan fingerprint density at radius 3 is 1.35 bits per heavy atom. The lowest BCUT2D eigenvalue weighted by molar-refractivity contribution is 1.28. The zero-order valence-corrected chi connectivity index (χ0v) is 31.4. The highest BCUT2D eigenvalue weighted by atomic mass is 32.1. The Labute approximate surface area is 327 Å². The SMILES string of the molecule is c1cc(-c2cccc3ccccc23)cc(N(c2ccc(-c3cccc4c3sc3ccccc34)cc2)c2ccc(-c3cccc4c3sc3ccccc34)cc2)c1. The van der Waals surface area contributed by atoms with Gasteiger partial charge in [0.25, 0.3) is 0 Å². The number of hydrogen-bond donors (Lipinski definition) is 0. The summed E-state index contributed by atoms with van der Waals surface area (Å²) >= 11 is 3.76. The second-order valence-corrected chi connectivity index (χ2v) is 16.2. The van der Waals surface area contributed by atoms with Crippen LogP contribution in [0, 0.1) is 0 Å². The van der Waals surface area contributed by atoms with E-state index in [-0.39, 0.29) is 0 Å². The molecular weight excluding hydrogens is 703 g/mol. The predicted molar refractivity (Wildman–Crippen MR) is 241 cm³/mol. The summed E-state index contributed by atoms with van der Waals surface area (Å²) in [4.78, 5) is 2.39. The third-order valence-electron chi connectivity index (χ3n) is 10.9. The predicted octanol–water partition coefficient (Wildman–Crippen LogP) is 16.0. The van der Waals surface area contributed by atoms with Crippen molar-refractivity contribution in [2.24, 2.45) is 0 Å². The molecule has 0 aliphatic rings. The van der Waals surface area contributed by atoms with Crippen LogP contribution < -0.4 is 4.90 Å². The molecular formula is C52H33NS2. The summed E-state index contributed by atoms with van der Waals surface area (Å²) in [6.45, 7) is 0. The molecule has 2 aromatic heterocycles. The molecule has 11 rings (SSSR count). The number of hydrogen-bond acceptors (Lipinski definition) is 3. The molecule has 9 aromatic carbocycles. The average Bonchev–Trinajstić information content (AvgIpc) is 3.83. The van der Waals surface area contributed by atoms with Gasteiger partial charge in [-0.3, -0.25) is 0 Å². The Morgan fingerprint density at radius 2 is 0.745 bits per heavy atom. The Bertz CT molecular complexity index is 3040. The third kappa shape index (κ3) is 5.43. The molecule has 0 bridgehead atoms. The summed E-state index contributed by atoms with van der Waals surface area (Å²) in [5.74, 6) is 0. The van der Waals surface area contributed by atoms with Crippen LogP contribution in [0.1, 0.15) is 0 Å². The molecule has 0 saturated heterocycles. The van der Waals surface area contributed by atoms with Crippen LogP contribution in [0.3, 0.4) is 0 Å². The Kier molecular flexibility index (Phi) is 7.61. The van der Waals surface area contributed by atoms with Crippen molar-refractivity contribution in [2.75, 3.05) is 4.90 Å². The molecule has 0 fully saturated rings. The zero-order chi connectivity index (χ0) is 36.3. The fourth-order valence-electron chi connectivity index (χ4n) is 8.27. The van der Waals surface area contributed by atoms with Gasteiger partial charge in [0.05, 0.1) is 0 Å². The lowest BCUT2D eigenvalue weighted by atomic mass is 9.97. The molecule has 0 N–H and O–H groups in total. The molecule has 258 valence electrons. The lowest BCUT2D eigenvalue weighted by Crippen LogP contribution is -2.10. The summed E-state index contributed by atoms with van der Waals surface area (Å²) in [5, 5.41) is 7.79. The summed E-state index contributed by atoms with van der Waals surface area (Å²) in [7, 11) is 0. The minimum atomic E-state index is 1.11. The van der Waals surface area contributed by atoms with Crippen molar-refractivity contribution in [2.45, 2.75) is 0 Å². The van der Waals surface area contributed by atoms with E-state index in [1.807, 2.05) is 22.7 Å². The molecule has 0 atom stereocenters. The maximum absolute atomic E-state index is 2.39. The molecule has 0 amide bonds. The minimum Gasteiger partial charge on any atom is -0.310 e. The van der Waals surface area contributed by atoms with Crippen LogP contribution >= 0.6 is 22.7 Å². The van der Waals surface area contributed by atoms with E-state index in [0.29, 0.717) is 0 Å². The number of rotatable bonds is 6. The van der Waals surface area contributed by atoms with Gasteiger partial charge < -0.3 is 4.90 Å². The van der Waals surface area contributed by atoms with E-state index in [4.69, 9.17) is 0 Å². The van der Waals surface area contributed by atoms with E-state index in [2.05, 4.69) is 205 Å². The Balaban J connectivity index is 1.03. The largest absolute Gasteiger partial charge is 0.310 e. The van der Waals surface area contributed by atoms with Gasteiger partial charge in [-0.25, -0.2) is 0 Å². The fourth-order valence-corrected chi connectivity index (χ4v) is 10.7. The van der Waals surface area contributed by atoms with Gasteiger partial charge in [0.1, 0.15) is 0 Å². The van der Waals surface area contributed by atoms with Crippen molar-refractivity contribution in [1.82, 2.24) is 0 Å². The first kappa shape index (κ1) is 32.0. The first-order chi connectivity index (χ1) is 27.3. The lowest BCUT2D eigenvalue weighted by Gasteiger charge is -2.26. The monoisotopic (exact) mass is 735 g/mol. The molecule has 0 aliphatic heterocycles. The summed E-state index contributed by atoms with van der Waals surface area (Å²) < 4.78 is 5.32. The first-order valence-corrected chi connectivity index (χ1v) is 20.3. The van der Waals surface area contributed by atoms with Crippen LogP contribution in [0.5, 0.6) is 0 Å². The smallest absolute Gasteiger partial charge is 0.0467 e. The van der Waals surface area contributed by atoms with Crippen molar-refractivity contribution in [3.8, 4) is 33.4 Å². The standard InChI is InChI=1S/C52H33NS2/c1-2-15-41-34(11-1)12-8-18-42(41)37-13-7-14-40(33-37)53(38-29-25-35(26-30-38)43-19-9-21-47-45-16-3-5-23-49(45)54-51(43)47)39-31-27-36(28-32-39)44-20-10-22-48-46-17-4-6-24-50(46)55-52(44)48/h1-33H. The van der Waals surface area contributed by atoms with Crippen LogP contribution in [0.4, 0.5) is 17.1 Å². The van der Waals surface area contributed by atoms with Gasteiger partial charge in [-0.2, -0.15) is 0 Å². The van der Waals surface area contributed by atoms with Crippen molar-refractivity contribution in [1.29, 1.82) is 0 Å². The van der Waals surface area contributed by atoms with Crippen LogP contribution in [0.15, 0.2) is 200 Å². The molecule has 0 radical (unpaired) electrons.